The van der Waals surface area contributed by atoms with Gasteiger partial charge in [-0.2, -0.15) is 18.2 Å². The molecule has 10 heteroatoms. The second-order valence-electron chi connectivity index (χ2n) is 7.07. The first-order valence-corrected chi connectivity index (χ1v) is 9.59. The molecule has 4 rings (SSSR count). The maximum atomic E-state index is 13.4. The largest absolute Gasteiger partial charge is 0.421 e. The summed E-state index contributed by atoms with van der Waals surface area (Å²) < 4.78 is 45.6. The molecule has 1 atom stereocenters. The van der Waals surface area contributed by atoms with Crippen molar-refractivity contribution in [2.45, 2.75) is 25.2 Å². The predicted octanol–water partition coefficient (Wildman–Crippen LogP) is 2.29. The molecule has 156 valence electrons. The van der Waals surface area contributed by atoms with Crippen LogP contribution >= 0.6 is 0 Å². The van der Waals surface area contributed by atoms with Crippen LogP contribution in [0.4, 0.5) is 30.6 Å². The summed E-state index contributed by atoms with van der Waals surface area (Å²) in [6.45, 7) is 3.79. The minimum Gasteiger partial charge on any atom is -0.374 e. The Balaban J connectivity index is 1.52. The second-order valence-corrected chi connectivity index (χ2v) is 7.07. The first-order valence-electron chi connectivity index (χ1n) is 9.59. The Kier molecular flexibility index (Phi) is 5.84. The molecule has 0 amide bonds. The predicted molar refractivity (Wildman–Crippen MR) is 103 cm³/mol. The highest BCUT2D eigenvalue weighted by Gasteiger charge is 2.35. The van der Waals surface area contributed by atoms with E-state index in [1.165, 1.54) is 11.1 Å². The molecule has 1 aromatic carbocycles. The zero-order valence-electron chi connectivity index (χ0n) is 15.8. The van der Waals surface area contributed by atoms with E-state index < -0.39 is 11.7 Å². The standard InChI is InChI=1S/C19H23F3N6O/c20-19(21,22)16-11-26-18(28-17(16)25-10-15-9-24-5-6-29-15)27-14-2-1-13-8-23-4-3-12(13)7-14/h1-2,7,11,15,23-24H,3-6,8-10H2,(H2,25,26,27,28). The van der Waals surface area contributed by atoms with Crippen molar-refractivity contribution in [3.05, 3.63) is 41.1 Å². The lowest BCUT2D eigenvalue weighted by molar-refractivity contribution is -0.137. The van der Waals surface area contributed by atoms with E-state index in [0.29, 0.717) is 13.2 Å². The van der Waals surface area contributed by atoms with Crippen molar-refractivity contribution in [1.29, 1.82) is 0 Å². The van der Waals surface area contributed by atoms with Crippen LogP contribution < -0.4 is 21.3 Å². The van der Waals surface area contributed by atoms with Gasteiger partial charge in [-0.1, -0.05) is 6.07 Å². The van der Waals surface area contributed by atoms with Gasteiger partial charge in [0.25, 0.3) is 0 Å². The number of hydrogen-bond acceptors (Lipinski definition) is 7. The van der Waals surface area contributed by atoms with Gasteiger partial charge in [-0.15, -0.1) is 0 Å². The fourth-order valence-electron chi connectivity index (χ4n) is 3.43. The maximum absolute atomic E-state index is 13.4. The average Bonchev–Trinajstić information content (AvgIpc) is 2.72. The molecule has 1 aromatic heterocycles. The Morgan fingerprint density at radius 1 is 1.17 bits per heavy atom. The van der Waals surface area contributed by atoms with Crippen molar-refractivity contribution < 1.29 is 17.9 Å². The number of nitrogens with one attached hydrogen (secondary N) is 4. The summed E-state index contributed by atoms with van der Waals surface area (Å²) in [7, 11) is 0. The Morgan fingerprint density at radius 3 is 2.86 bits per heavy atom. The van der Waals surface area contributed by atoms with E-state index in [1.54, 1.807) is 0 Å². The third-order valence-corrected chi connectivity index (χ3v) is 4.94. The summed E-state index contributed by atoms with van der Waals surface area (Å²) in [5, 5.41) is 12.3. The van der Waals surface area contributed by atoms with E-state index in [4.69, 9.17) is 4.74 Å². The highest BCUT2D eigenvalue weighted by atomic mass is 19.4. The van der Waals surface area contributed by atoms with Crippen LogP contribution in [0.25, 0.3) is 0 Å². The number of halogens is 3. The van der Waals surface area contributed by atoms with Gasteiger partial charge in [0, 0.05) is 38.1 Å². The zero-order valence-corrected chi connectivity index (χ0v) is 15.8. The number of fused-ring (bicyclic) bond motifs is 1. The molecule has 0 bridgehead atoms. The number of morpholine rings is 1. The fraction of sp³-hybridized carbons (Fsp3) is 0.474. The molecule has 1 fully saturated rings. The van der Waals surface area contributed by atoms with Crippen molar-refractivity contribution in [1.82, 2.24) is 20.6 Å². The summed E-state index contributed by atoms with van der Waals surface area (Å²) in [6.07, 6.45) is -3.06. The van der Waals surface area contributed by atoms with Crippen LogP contribution in [0.2, 0.25) is 0 Å². The van der Waals surface area contributed by atoms with E-state index in [-0.39, 0.29) is 24.4 Å². The lowest BCUT2D eigenvalue weighted by atomic mass is 10.0. The van der Waals surface area contributed by atoms with E-state index >= 15 is 0 Å². The molecule has 0 saturated carbocycles. The molecule has 1 saturated heterocycles. The van der Waals surface area contributed by atoms with Crippen molar-refractivity contribution in [3.8, 4) is 0 Å². The van der Waals surface area contributed by atoms with E-state index in [9.17, 15) is 13.2 Å². The fourth-order valence-corrected chi connectivity index (χ4v) is 3.43. The normalized spacial score (nSPS) is 19.5. The van der Waals surface area contributed by atoms with Crippen LogP contribution in [-0.4, -0.2) is 48.9 Å². The molecule has 0 aliphatic carbocycles. The van der Waals surface area contributed by atoms with Crippen LogP contribution in [0, 0.1) is 0 Å². The summed E-state index contributed by atoms with van der Waals surface area (Å²) >= 11 is 0. The van der Waals surface area contributed by atoms with Crippen LogP contribution in [0.1, 0.15) is 16.7 Å². The number of benzene rings is 1. The monoisotopic (exact) mass is 408 g/mol. The van der Waals surface area contributed by atoms with Crippen molar-refractivity contribution in [2.24, 2.45) is 0 Å². The van der Waals surface area contributed by atoms with E-state index in [1.807, 2.05) is 18.2 Å². The van der Waals surface area contributed by atoms with Gasteiger partial charge in [-0.25, -0.2) is 4.98 Å². The quantitative estimate of drug-likeness (QED) is 0.604. The third kappa shape index (κ3) is 4.95. The topological polar surface area (TPSA) is 83.1 Å². The van der Waals surface area contributed by atoms with Gasteiger partial charge >= 0.3 is 6.18 Å². The smallest absolute Gasteiger partial charge is 0.374 e. The van der Waals surface area contributed by atoms with Gasteiger partial charge in [0.1, 0.15) is 11.4 Å². The van der Waals surface area contributed by atoms with Gasteiger partial charge < -0.3 is 26.0 Å². The number of aromatic nitrogens is 2. The lowest BCUT2D eigenvalue weighted by Crippen LogP contribution is -2.42. The molecular formula is C19H23F3N6O. The van der Waals surface area contributed by atoms with Crippen LogP contribution in [0.3, 0.4) is 0 Å². The highest BCUT2D eigenvalue weighted by Crippen LogP contribution is 2.34. The zero-order chi connectivity index (χ0) is 20.3. The van der Waals surface area contributed by atoms with E-state index in [2.05, 4.69) is 31.2 Å². The first kappa shape index (κ1) is 19.9. The minimum absolute atomic E-state index is 0.108. The average molecular weight is 408 g/mol. The molecule has 4 N–H and O–H groups in total. The molecular weight excluding hydrogens is 385 g/mol. The van der Waals surface area contributed by atoms with Crippen molar-refractivity contribution >= 4 is 17.5 Å². The first-order chi connectivity index (χ1) is 14.0. The van der Waals surface area contributed by atoms with Crippen molar-refractivity contribution in [3.63, 3.8) is 0 Å². The summed E-state index contributed by atoms with van der Waals surface area (Å²) in [5.74, 6) is -0.150. The molecule has 2 aliphatic heterocycles. The number of ether oxygens (including phenoxy) is 1. The Labute approximate surface area is 166 Å². The van der Waals surface area contributed by atoms with Gasteiger partial charge in [-0.3, -0.25) is 0 Å². The number of alkyl halides is 3. The van der Waals surface area contributed by atoms with Gasteiger partial charge in [0.05, 0.1) is 12.7 Å². The van der Waals surface area contributed by atoms with E-state index in [0.717, 1.165) is 37.9 Å². The highest BCUT2D eigenvalue weighted by molar-refractivity contribution is 5.58. The Bertz CT molecular complexity index is 854. The summed E-state index contributed by atoms with van der Waals surface area (Å²) in [4.78, 5) is 7.96. The molecule has 7 nitrogen and oxygen atoms in total. The SMILES string of the molecule is FC(F)(F)c1cnc(Nc2ccc3c(c2)CCNC3)nc1NCC1CNCCO1. The molecule has 3 heterocycles. The molecule has 2 aliphatic rings. The molecule has 29 heavy (non-hydrogen) atoms. The number of anilines is 3. The number of hydrogen-bond donors (Lipinski definition) is 4. The van der Waals surface area contributed by atoms with Crippen LogP contribution in [0.5, 0.6) is 0 Å². The van der Waals surface area contributed by atoms with Crippen LogP contribution in [-0.2, 0) is 23.9 Å². The van der Waals surface area contributed by atoms with Gasteiger partial charge in [0.15, 0.2) is 0 Å². The summed E-state index contributed by atoms with van der Waals surface area (Å²) in [6, 6.07) is 5.87. The van der Waals surface area contributed by atoms with Gasteiger partial charge in [-0.05, 0) is 36.2 Å². The molecule has 1 unspecified atom stereocenters. The van der Waals surface area contributed by atoms with Crippen molar-refractivity contribution in [2.75, 3.05) is 43.4 Å². The summed E-state index contributed by atoms with van der Waals surface area (Å²) in [5.41, 5.74) is 2.28. The maximum Gasteiger partial charge on any atom is 0.421 e. The lowest BCUT2D eigenvalue weighted by Gasteiger charge is -2.24. The molecule has 2 aromatic rings. The van der Waals surface area contributed by atoms with Crippen LogP contribution in [0.15, 0.2) is 24.4 Å². The minimum atomic E-state index is -4.55. The number of nitrogens with zero attached hydrogens (tertiary/aromatic N) is 2. The Hall–Kier alpha value is -2.43. The third-order valence-electron chi connectivity index (χ3n) is 4.94. The molecule has 0 spiro atoms. The Morgan fingerprint density at radius 2 is 2.07 bits per heavy atom. The molecule has 0 radical (unpaired) electrons. The number of rotatable bonds is 5. The second kappa shape index (κ2) is 8.52. The van der Waals surface area contributed by atoms with Gasteiger partial charge in [0.2, 0.25) is 5.95 Å².